The Morgan fingerprint density at radius 1 is 0.786 bits per heavy atom. The first-order chi connectivity index (χ1) is 6.41. The molecule has 0 heteroatoms. The second-order valence-corrected chi connectivity index (χ2v) is 5.01. The summed E-state index contributed by atoms with van der Waals surface area (Å²) in [5, 5.41) is 0. The van der Waals surface area contributed by atoms with Crippen LogP contribution in [0, 0.1) is 35.5 Å². The fourth-order valence-corrected chi connectivity index (χ4v) is 1.54. The van der Waals surface area contributed by atoms with E-state index < -0.39 is 0 Å². The van der Waals surface area contributed by atoms with E-state index in [0.29, 0.717) is 0 Å². The van der Waals surface area contributed by atoms with Gasteiger partial charge in [0, 0.05) is 11.8 Å². The SMILES string of the molecule is C[C](C#C[C](C)CC(C)C)CC(C)C. The maximum Gasteiger partial charge on any atom is 0.0451 e. The van der Waals surface area contributed by atoms with Gasteiger partial charge >= 0.3 is 0 Å². The van der Waals surface area contributed by atoms with Gasteiger partial charge in [0.15, 0.2) is 0 Å². The van der Waals surface area contributed by atoms with Crippen LogP contribution in [0.1, 0.15) is 54.4 Å². The third kappa shape index (κ3) is 8.17. The molecule has 0 unspecified atom stereocenters. The maximum absolute atomic E-state index is 3.25. The molecule has 0 heterocycles. The van der Waals surface area contributed by atoms with Crippen molar-refractivity contribution >= 4 is 0 Å². The minimum absolute atomic E-state index is 0.717. The second-order valence-electron chi connectivity index (χ2n) is 5.01. The summed E-state index contributed by atoms with van der Waals surface area (Å²) in [6, 6.07) is 0. The Hall–Kier alpha value is -0.440. The van der Waals surface area contributed by atoms with Gasteiger partial charge in [0.25, 0.3) is 0 Å². The van der Waals surface area contributed by atoms with Crippen molar-refractivity contribution in [1.82, 2.24) is 0 Å². The molecule has 0 bridgehead atoms. The molecule has 14 heavy (non-hydrogen) atoms. The van der Waals surface area contributed by atoms with Crippen molar-refractivity contribution in [2.24, 2.45) is 11.8 Å². The first-order valence-electron chi connectivity index (χ1n) is 5.58. The van der Waals surface area contributed by atoms with E-state index in [4.69, 9.17) is 0 Å². The third-order valence-electron chi connectivity index (χ3n) is 1.92. The second kappa shape index (κ2) is 6.93. The van der Waals surface area contributed by atoms with Crippen LogP contribution in [0.25, 0.3) is 0 Å². The normalized spacial score (nSPS) is 11.3. The van der Waals surface area contributed by atoms with Crippen LogP contribution in [0.15, 0.2) is 0 Å². The molecular formula is C14H24. The Kier molecular flexibility index (Phi) is 6.71. The van der Waals surface area contributed by atoms with Gasteiger partial charge in [-0.25, -0.2) is 0 Å². The summed E-state index contributed by atoms with van der Waals surface area (Å²) in [6.07, 6.45) is 2.25. The largest absolute Gasteiger partial charge is 0.0946 e. The fourth-order valence-electron chi connectivity index (χ4n) is 1.54. The van der Waals surface area contributed by atoms with Crippen LogP contribution in [-0.4, -0.2) is 0 Å². The summed E-state index contributed by atoms with van der Waals surface area (Å²) in [4.78, 5) is 0. The molecule has 0 aromatic carbocycles. The highest BCUT2D eigenvalue weighted by molar-refractivity contribution is 5.28. The number of rotatable bonds is 4. The zero-order chi connectivity index (χ0) is 11.1. The first-order valence-corrected chi connectivity index (χ1v) is 5.58. The average Bonchev–Trinajstić information content (AvgIpc) is 1.98. The van der Waals surface area contributed by atoms with Crippen LogP contribution in [0.3, 0.4) is 0 Å². The van der Waals surface area contributed by atoms with E-state index in [0.717, 1.165) is 24.7 Å². The van der Waals surface area contributed by atoms with E-state index in [1.807, 2.05) is 0 Å². The quantitative estimate of drug-likeness (QED) is 0.583. The zero-order valence-electron chi connectivity index (χ0n) is 10.6. The van der Waals surface area contributed by atoms with E-state index in [1.165, 1.54) is 11.8 Å². The monoisotopic (exact) mass is 192 g/mol. The highest BCUT2D eigenvalue weighted by Crippen LogP contribution is 2.14. The third-order valence-corrected chi connectivity index (χ3v) is 1.92. The molecule has 0 aromatic rings. The molecule has 0 aliphatic rings. The van der Waals surface area contributed by atoms with Crippen LogP contribution in [0.2, 0.25) is 0 Å². The highest BCUT2D eigenvalue weighted by Gasteiger charge is 2.04. The van der Waals surface area contributed by atoms with Crippen molar-refractivity contribution < 1.29 is 0 Å². The van der Waals surface area contributed by atoms with Gasteiger partial charge in [0.1, 0.15) is 0 Å². The molecule has 80 valence electrons. The summed E-state index contributed by atoms with van der Waals surface area (Å²) in [7, 11) is 0. The lowest BCUT2D eigenvalue weighted by molar-refractivity contribution is 0.614. The number of hydrogen-bond donors (Lipinski definition) is 0. The van der Waals surface area contributed by atoms with Gasteiger partial charge in [-0.3, -0.25) is 0 Å². The van der Waals surface area contributed by atoms with Crippen molar-refractivity contribution in [3.63, 3.8) is 0 Å². The molecule has 0 spiro atoms. The standard InChI is InChI=1S/C14H24/c1-11(2)9-13(5)7-8-14(6)10-12(3)4/h11-12H,9-10H2,1-6H3. The Labute approximate surface area is 90.5 Å². The van der Waals surface area contributed by atoms with Crippen LogP contribution in [0.4, 0.5) is 0 Å². The summed E-state index contributed by atoms with van der Waals surface area (Å²) in [5.74, 6) is 10.5. The molecule has 0 aliphatic heterocycles. The van der Waals surface area contributed by atoms with Crippen LogP contribution < -0.4 is 0 Å². The first kappa shape index (κ1) is 13.6. The van der Waals surface area contributed by atoms with Gasteiger partial charge in [-0.1, -0.05) is 39.5 Å². The summed E-state index contributed by atoms with van der Waals surface area (Å²) < 4.78 is 0. The highest BCUT2D eigenvalue weighted by atomic mass is 14.1. The molecule has 0 amide bonds. The predicted octanol–water partition coefficient (Wildman–Crippen LogP) is 4.27. The molecule has 2 radical (unpaired) electrons. The van der Waals surface area contributed by atoms with E-state index in [1.54, 1.807) is 0 Å². The van der Waals surface area contributed by atoms with Gasteiger partial charge in [-0.05, 0) is 38.5 Å². The van der Waals surface area contributed by atoms with Crippen molar-refractivity contribution in [1.29, 1.82) is 0 Å². The van der Waals surface area contributed by atoms with E-state index in [-0.39, 0.29) is 0 Å². The van der Waals surface area contributed by atoms with E-state index in [9.17, 15) is 0 Å². The molecule has 0 saturated carbocycles. The Balaban J connectivity index is 3.89. The maximum atomic E-state index is 3.25. The van der Waals surface area contributed by atoms with E-state index >= 15 is 0 Å². The molecule has 0 fully saturated rings. The minimum atomic E-state index is 0.717. The lowest BCUT2D eigenvalue weighted by Gasteiger charge is -2.08. The summed E-state index contributed by atoms with van der Waals surface area (Å²) in [5.41, 5.74) is 0. The Morgan fingerprint density at radius 2 is 1.07 bits per heavy atom. The van der Waals surface area contributed by atoms with E-state index in [2.05, 4.69) is 53.4 Å². The molecule has 0 N–H and O–H groups in total. The lowest BCUT2D eigenvalue weighted by Crippen LogP contribution is -1.97. The molecular weight excluding hydrogens is 168 g/mol. The van der Waals surface area contributed by atoms with Crippen molar-refractivity contribution in [2.75, 3.05) is 0 Å². The molecule has 0 aliphatic carbocycles. The smallest absolute Gasteiger partial charge is 0.0451 e. The lowest BCUT2D eigenvalue weighted by atomic mass is 9.96. The van der Waals surface area contributed by atoms with Crippen LogP contribution in [-0.2, 0) is 0 Å². The van der Waals surface area contributed by atoms with Crippen LogP contribution in [0.5, 0.6) is 0 Å². The Bertz CT molecular complexity index is 170. The molecule has 0 rings (SSSR count). The Morgan fingerprint density at radius 3 is 1.29 bits per heavy atom. The number of hydrogen-bond acceptors (Lipinski definition) is 0. The summed E-state index contributed by atoms with van der Waals surface area (Å²) >= 11 is 0. The van der Waals surface area contributed by atoms with Crippen molar-refractivity contribution in [2.45, 2.75) is 54.4 Å². The van der Waals surface area contributed by atoms with Crippen LogP contribution >= 0.6 is 0 Å². The van der Waals surface area contributed by atoms with Gasteiger partial charge in [0.05, 0.1) is 0 Å². The average molecular weight is 192 g/mol. The molecule has 0 saturated heterocycles. The summed E-state index contributed by atoms with van der Waals surface area (Å²) in [6.45, 7) is 13.2. The van der Waals surface area contributed by atoms with Gasteiger partial charge < -0.3 is 0 Å². The zero-order valence-corrected chi connectivity index (χ0v) is 10.6. The van der Waals surface area contributed by atoms with Crippen molar-refractivity contribution in [3.05, 3.63) is 11.8 Å². The predicted molar refractivity (Wildman–Crippen MR) is 64.5 cm³/mol. The molecule has 0 aromatic heterocycles. The van der Waals surface area contributed by atoms with Gasteiger partial charge in [-0.15, -0.1) is 0 Å². The van der Waals surface area contributed by atoms with Gasteiger partial charge in [0.2, 0.25) is 0 Å². The minimum Gasteiger partial charge on any atom is -0.0946 e. The molecule has 0 nitrogen and oxygen atoms in total. The fraction of sp³-hybridized carbons (Fsp3) is 0.714. The molecule has 0 atom stereocenters. The van der Waals surface area contributed by atoms with Crippen molar-refractivity contribution in [3.8, 4) is 11.8 Å². The van der Waals surface area contributed by atoms with Gasteiger partial charge in [-0.2, -0.15) is 0 Å². The topological polar surface area (TPSA) is 0 Å².